The van der Waals surface area contributed by atoms with Crippen LogP contribution in [-0.2, 0) is 0 Å². The fraction of sp³-hybridized carbons (Fsp3) is 0.333. The van der Waals surface area contributed by atoms with Gasteiger partial charge >= 0.3 is 0 Å². The lowest BCUT2D eigenvalue weighted by molar-refractivity contribution is 0.356. The molecule has 0 unspecified atom stereocenters. The van der Waals surface area contributed by atoms with Gasteiger partial charge in [-0.3, -0.25) is 0 Å². The van der Waals surface area contributed by atoms with E-state index >= 15 is 0 Å². The minimum atomic E-state index is 0.522. The minimum absolute atomic E-state index is 0.522. The number of nitrogens with zero attached hydrogens (tertiary/aromatic N) is 1. The van der Waals surface area contributed by atoms with Gasteiger partial charge in [-0.1, -0.05) is 18.3 Å². The monoisotopic (exact) mass is 288 g/mol. The van der Waals surface area contributed by atoms with Crippen molar-refractivity contribution in [3.63, 3.8) is 0 Å². The number of methoxy groups -OCH3 is 2. The molecule has 5 heteroatoms. The van der Waals surface area contributed by atoms with E-state index in [0.29, 0.717) is 22.1 Å². The summed E-state index contributed by atoms with van der Waals surface area (Å²) in [7, 11) is 3.27. The molecule has 1 N–H and O–H groups in total. The molecular weight excluding hydrogens is 272 g/mol. The summed E-state index contributed by atoms with van der Waals surface area (Å²) in [6, 6.07) is 7.65. The van der Waals surface area contributed by atoms with E-state index < -0.39 is 0 Å². The number of nitrogens with one attached hydrogen (secondary N) is 1. The molecular formula is C15H16N2O2S. The number of aromatic nitrogens is 2. The maximum atomic E-state index is 5.48. The first-order chi connectivity index (χ1) is 9.72. The number of aromatic amines is 1. The zero-order valence-corrected chi connectivity index (χ0v) is 12.3. The molecule has 104 valence electrons. The molecule has 1 aromatic carbocycles. The number of hydrogen-bond donors (Lipinski definition) is 1. The SMILES string of the molecule is COc1cccc(-c2cc(=S)nc(C3CC3)[nH]2)c1OC. The lowest BCUT2D eigenvalue weighted by Crippen LogP contribution is -1.98. The Balaban J connectivity index is 2.15. The third kappa shape index (κ3) is 2.41. The van der Waals surface area contributed by atoms with Crippen LogP contribution in [0, 0.1) is 4.64 Å². The van der Waals surface area contributed by atoms with Gasteiger partial charge < -0.3 is 14.5 Å². The number of H-pyrrole nitrogens is 1. The Morgan fingerprint density at radius 3 is 2.70 bits per heavy atom. The lowest BCUT2D eigenvalue weighted by atomic mass is 10.1. The van der Waals surface area contributed by atoms with Gasteiger partial charge in [0, 0.05) is 11.5 Å². The Labute approximate surface area is 122 Å². The highest BCUT2D eigenvalue weighted by Gasteiger charge is 2.26. The average Bonchev–Trinajstić information content (AvgIpc) is 3.30. The average molecular weight is 288 g/mol. The number of para-hydroxylation sites is 1. The van der Waals surface area contributed by atoms with Gasteiger partial charge in [-0.25, -0.2) is 4.98 Å². The molecule has 4 nitrogen and oxygen atoms in total. The van der Waals surface area contributed by atoms with Crippen molar-refractivity contribution in [1.82, 2.24) is 9.97 Å². The standard InChI is InChI=1S/C15H16N2O2S/c1-18-12-5-3-4-10(14(12)19-2)11-8-13(20)17-15(16-11)9-6-7-9/h3-5,8-9H,6-7H2,1-2H3,(H,16,17,20). The van der Waals surface area contributed by atoms with E-state index in [1.54, 1.807) is 14.2 Å². The normalized spacial score (nSPS) is 14.1. The molecule has 2 aromatic rings. The van der Waals surface area contributed by atoms with E-state index in [9.17, 15) is 0 Å². The Bertz CT molecular complexity index is 693. The van der Waals surface area contributed by atoms with Crippen molar-refractivity contribution < 1.29 is 9.47 Å². The Morgan fingerprint density at radius 1 is 1.25 bits per heavy atom. The van der Waals surface area contributed by atoms with Crippen LogP contribution in [0.25, 0.3) is 11.3 Å². The number of rotatable bonds is 4. The van der Waals surface area contributed by atoms with Crippen LogP contribution >= 0.6 is 12.2 Å². The predicted octanol–water partition coefficient (Wildman–Crippen LogP) is 3.70. The van der Waals surface area contributed by atoms with E-state index in [4.69, 9.17) is 21.7 Å². The fourth-order valence-corrected chi connectivity index (χ4v) is 2.49. The maximum absolute atomic E-state index is 5.48. The number of benzene rings is 1. The summed E-state index contributed by atoms with van der Waals surface area (Å²) in [6.07, 6.45) is 2.36. The second kappa shape index (κ2) is 5.25. The molecule has 1 aliphatic rings. The quantitative estimate of drug-likeness (QED) is 0.871. The van der Waals surface area contributed by atoms with Crippen LogP contribution in [0.5, 0.6) is 11.5 Å². The molecule has 20 heavy (non-hydrogen) atoms. The van der Waals surface area contributed by atoms with Crippen LogP contribution in [-0.4, -0.2) is 24.2 Å². The third-order valence-corrected chi connectivity index (χ3v) is 3.63. The van der Waals surface area contributed by atoms with Gasteiger partial charge in [0.1, 0.15) is 10.5 Å². The second-order valence-electron chi connectivity index (χ2n) is 4.83. The smallest absolute Gasteiger partial charge is 0.170 e. The molecule has 0 atom stereocenters. The molecule has 1 saturated carbocycles. The number of hydrogen-bond acceptors (Lipinski definition) is 4. The van der Waals surface area contributed by atoms with E-state index in [1.165, 1.54) is 12.8 Å². The van der Waals surface area contributed by atoms with Crippen LogP contribution < -0.4 is 9.47 Å². The van der Waals surface area contributed by atoms with Crippen LogP contribution in [0.4, 0.5) is 0 Å². The highest BCUT2D eigenvalue weighted by atomic mass is 32.1. The Morgan fingerprint density at radius 2 is 2.05 bits per heavy atom. The van der Waals surface area contributed by atoms with Gasteiger partial charge in [0.15, 0.2) is 11.5 Å². The van der Waals surface area contributed by atoms with Crippen LogP contribution in [0.3, 0.4) is 0 Å². The molecule has 1 heterocycles. The molecule has 0 aliphatic heterocycles. The van der Waals surface area contributed by atoms with Gasteiger partial charge in [0.05, 0.1) is 19.9 Å². The summed E-state index contributed by atoms with van der Waals surface area (Å²) in [4.78, 5) is 7.78. The van der Waals surface area contributed by atoms with Crippen molar-refractivity contribution in [2.24, 2.45) is 0 Å². The van der Waals surface area contributed by atoms with Crippen molar-refractivity contribution in [2.45, 2.75) is 18.8 Å². The molecule has 3 rings (SSSR count). The molecule has 1 fully saturated rings. The van der Waals surface area contributed by atoms with Crippen molar-refractivity contribution in [3.05, 3.63) is 34.7 Å². The third-order valence-electron chi connectivity index (χ3n) is 3.42. The van der Waals surface area contributed by atoms with E-state index in [0.717, 1.165) is 17.1 Å². The van der Waals surface area contributed by atoms with Gasteiger partial charge in [-0.05, 0) is 31.0 Å². The van der Waals surface area contributed by atoms with E-state index in [1.807, 2.05) is 24.3 Å². The first-order valence-electron chi connectivity index (χ1n) is 6.55. The minimum Gasteiger partial charge on any atom is -0.493 e. The van der Waals surface area contributed by atoms with Gasteiger partial charge in [-0.2, -0.15) is 0 Å². The molecule has 0 bridgehead atoms. The Hall–Kier alpha value is -1.88. The predicted molar refractivity (Wildman–Crippen MR) is 79.9 cm³/mol. The highest BCUT2D eigenvalue weighted by molar-refractivity contribution is 7.71. The summed E-state index contributed by atoms with van der Waals surface area (Å²) in [6.45, 7) is 0. The summed E-state index contributed by atoms with van der Waals surface area (Å²) < 4.78 is 11.4. The lowest BCUT2D eigenvalue weighted by Gasteiger charge is -2.13. The topological polar surface area (TPSA) is 47.1 Å². The van der Waals surface area contributed by atoms with Crippen molar-refractivity contribution in [3.8, 4) is 22.8 Å². The summed E-state index contributed by atoms with van der Waals surface area (Å²) in [5.41, 5.74) is 1.85. The van der Waals surface area contributed by atoms with Crippen molar-refractivity contribution in [2.75, 3.05) is 14.2 Å². The van der Waals surface area contributed by atoms with Gasteiger partial charge in [0.2, 0.25) is 0 Å². The molecule has 0 radical (unpaired) electrons. The largest absolute Gasteiger partial charge is 0.493 e. The van der Waals surface area contributed by atoms with Gasteiger partial charge in [0.25, 0.3) is 0 Å². The molecule has 0 amide bonds. The highest BCUT2D eigenvalue weighted by Crippen LogP contribution is 2.40. The summed E-state index contributed by atoms with van der Waals surface area (Å²) in [5.74, 6) is 2.90. The second-order valence-corrected chi connectivity index (χ2v) is 5.25. The zero-order valence-electron chi connectivity index (χ0n) is 11.5. The Kier molecular flexibility index (Phi) is 3.44. The van der Waals surface area contributed by atoms with Crippen LogP contribution in [0.15, 0.2) is 24.3 Å². The zero-order chi connectivity index (χ0) is 14.1. The van der Waals surface area contributed by atoms with E-state index in [-0.39, 0.29) is 0 Å². The van der Waals surface area contributed by atoms with Crippen molar-refractivity contribution in [1.29, 1.82) is 0 Å². The van der Waals surface area contributed by atoms with E-state index in [2.05, 4.69) is 9.97 Å². The van der Waals surface area contributed by atoms with Gasteiger partial charge in [-0.15, -0.1) is 0 Å². The molecule has 0 spiro atoms. The summed E-state index contributed by atoms with van der Waals surface area (Å²) in [5, 5.41) is 0. The first-order valence-corrected chi connectivity index (χ1v) is 6.96. The van der Waals surface area contributed by atoms with Crippen molar-refractivity contribution >= 4 is 12.2 Å². The summed E-state index contributed by atoms with van der Waals surface area (Å²) >= 11 is 5.27. The first kappa shape index (κ1) is 13.1. The van der Waals surface area contributed by atoms with Crippen LogP contribution in [0.1, 0.15) is 24.6 Å². The molecule has 1 aliphatic carbocycles. The fourth-order valence-electron chi connectivity index (χ4n) is 2.27. The maximum Gasteiger partial charge on any atom is 0.170 e. The molecule has 1 aromatic heterocycles. The van der Waals surface area contributed by atoms with Crippen LogP contribution in [0.2, 0.25) is 0 Å². The molecule has 0 saturated heterocycles. The number of ether oxygens (including phenoxy) is 2.